The molecule has 2 fully saturated rings. The summed E-state index contributed by atoms with van der Waals surface area (Å²) < 4.78 is 0. The van der Waals surface area contributed by atoms with E-state index >= 15 is 0 Å². The molecule has 2 saturated heterocycles. The number of hydrogen-bond acceptors (Lipinski definition) is 4. The Balaban J connectivity index is 1.71. The van der Waals surface area contributed by atoms with Gasteiger partial charge in [-0.05, 0) is 31.2 Å². The van der Waals surface area contributed by atoms with Crippen LogP contribution < -0.4 is 5.32 Å². The second-order valence-electron chi connectivity index (χ2n) is 10.1. The predicted molar refractivity (Wildman–Crippen MR) is 134 cm³/mol. The number of Topliss-reactive ketones (excluding diaryl/α,β-unsaturated/α-hetero) is 1. The van der Waals surface area contributed by atoms with E-state index in [9.17, 15) is 24.3 Å². The minimum absolute atomic E-state index is 0.0201. The Morgan fingerprint density at radius 2 is 1.54 bits per heavy atom. The van der Waals surface area contributed by atoms with Crippen LogP contribution in [-0.4, -0.2) is 46.2 Å². The normalized spacial score (nSPS) is 25.7. The number of rotatable bonds is 4. The van der Waals surface area contributed by atoms with Crippen molar-refractivity contribution in [3.8, 4) is 0 Å². The minimum atomic E-state index is -1.07. The molecule has 2 N–H and O–H groups in total. The van der Waals surface area contributed by atoms with E-state index < -0.39 is 23.8 Å². The molecule has 7 nitrogen and oxygen atoms in total. The van der Waals surface area contributed by atoms with Crippen molar-refractivity contribution in [2.45, 2.75) is 102 Å². The average Bonchev–Trinajstić information content (AvgIpc) is 3.34. The molecule has 3 rings (SSSR count). The van der Waals surface area contributed by atoms with Gasteiger partial charge in [0.15, 0.2) is 0 Å². The number of carboxylic acid groups (broad SMARTS) is 1. The Bertz CT molecular complexity index is 856. The summed E-state index contributed by atoms with van der Waals surface area (Å²) in [5.74, 6) is -2.59. The first-order valence-corrected chi connectivity index (χ1v) is 13.3. The summed E-state index contributed by atoms with van der Waals surface area (Å²) in [5, 5.41) is 12.3. The quantitative estimate of drug-likeness (QED) is 0.639. The molecule has 0 aliphatic carbocycles. The maximum Gasteiger partial charge on any atom is 0.326 e. The fraction of sp³-hybridized carbons (Fsp3) is 0.643. The molecule has 2 heterocycles. The summed E-state index contributed by atoms with van der Waals surface area (Å²) in [6, 6.07) is 8.85. The molecule has 1 aromatic rings. The van der Waals surface area contributed by atoms with Gasteiger partial charge in [-0.25, -0.2) is 4.79 Å². The topological polar surface area (TPSA) is 104 Å². The van der Waals surface area contributed by atoms with E-state index in [4.69, 9.17) is 0 Å². The van der Waals surface area contributed by atoms with E-state index in [0.717, 1.165) is 69.8 Å². The highest BCUT2D eigenvalue weighted by Gasteiger charge is 2.34. The zero-order chi connectivity index (χ0) is 25.0. The Morgan fingerprint density at radius 3 is 2.23 bits per heavy atom. The molecule has 3 atom stereocenters. The number of aliphatic carboxylic acids is 1. The zero-order valence-corrected chi connectivity index (χ0v) is 20.8. The van der Waals surface area contributed by atoms with Crippen LogP contribution >= 0.6 is 0 Å². The van der Waals surface area contributed by atoms with Gasteiger partial charge in [-0.3, -0.25) is 14.4 Å². The number of carboxylic acids is 1. The van der Waals surface area contributed by atoms with Crippen LogP contribution in [0.1, 0.15) is 101 Å². The van der Waals surface area contributed by atoms with Crippen molar-refractivity contribution < 1.29 is 24.3 Å². The molecule has 0 radical (unpaired) electrons. The number of amides is 2. The van der Waals surface area contributed by atoms with Gasteiger partial charge in [0.1, 0.15) is 11.8 Å². The van der Waals surface area contributed by atoms with Gasteiger partial charge in [0.25, 0.3) is 0 Å². The first kappa shape index (κ1) is 26.9. The van der Waals surface area contributed by atoms with E-state index in [2.05, 4.69) is 5.32 Å². The lowest BCUT2D eigenvalue weighted by molar-refractivity contribution is -0.143. The van der Waals surface area contributed by atoms with Crippen molar-refractivity contribution in [3.05, 3.63) is 35.9 Å². The van der Waals surface area contributed by atoms with Gasteiger partial charge in [0.2, 0.25) is 11.8 Å². The van der Waals surface area contributed by atoms with Crippen molar-refractivity contribution in [2.75, 3.05) is 6.54 Å². The summed E-state index contributed by atoms with van der Waals surface area (Å²) in [5.41, 5.74) is 1.07. The van der Waals surface area contributed by atoms with Gasteiger partial charge in [-0.15, -0.1) is 0 Å². The van der Waals surface area contributed by atoms with E-state index in [-0.39, 0.29) is 30.6 Å². The SMILES string of the molecule is O=C1CCCCCCCCCC[C@@H](C(=O)O)NC(=O)[C@H](CC(=O)N2CCC[C@@H]2c2ccccc2)C1. The van der Waals surface area contributed by atoms with Gasteiger partial charge in [0.05, 0.1) is 12.0 Å². The Hall–Kier alpha value is -2.70. The van der Waals surface area contributed by atoms with Crippen LogP contribution in [0.25, 0.3) is 0 Å². The summed E-state index contributed by atoms with van der Waals surface area (Å²) >= 11 is 0. The molecule has 0 saturated carbocycles. The molecular formula is C28H40N2O5. The van der Waals surface area contributed by atoms with E-state index in [1.807, 2.05) is 35.2 Å². The van der Waals surface area contributed by atoms with Gasteiger partial charge in [-0.2, -0.15) is 0 Å². The number of nitrogens with zero attached hydrogens (tertiary/aromatic N) is 1. The molecule has 0 unspecified atom stereocenters. The van der Waals surface area contributed by atoms with Crippen LogP contribution in [0.3, 0.4) is 0 Å². The molecule has 7 heteroatoms. The van der Waals surface area contributed by atoms with Crippen molar-refractivity contribution in [3.63, 3.8) is 0 Å². The molecule has 1 aromatic carbocycles. The molecule has 192 valence electrons. The number of carbonyl (C=O) groups is 4. The van der Waals surface area contributed by atoms with Crippen molar-refractivity contribution >= 4 is 23.6 Å². The lowest BCUT2D eigenvalue weighted by Crippen LogP contribution is -2.45. The summed E-state index contributed by atoms with van der Waals surface area (Å²) in [4.78, 5) is 52.8. The maximum absolute atomic E-state index is 13.3. The maximum atomic E-state index is 13.3. The molecule has 2 aliphatic rings. The third kappa shape index (κ3) is 8.48. The molecule has 0 bridgehead atoms. The van der Waals surface area contributed by atoms with Crippen molar-refractivity contribution in [2.24, 2.45) is 5.92 Å². The lowest BCUT2D eigenvalue weighted by Gasteiger charge is -2.27. The smallest absolute Gasteiger partial charge is 0.326 e. The highest BCUT2D eigenvalue weighted by atomic mass is 16.4. The summed E-state index contributed by atoms with van der Waals surface area (Å²) in [6.45, 7) is 0.623. The lowest BCUT2D eigenvalue weighted by atomic mass is 9.93. The van der Waals surface area contributed by atoms with Crippen LogP contribution in [0.5, 0.6) is 0 Å². The monoisotopic (exact) mass is 484 g/mol. The summed E-state index contributed by atoms with van der Waals surface area (Å²) in [7, 11) is 0. The van der Waals surface area contributed by atoms with E-state index in [1.54, 1.807) is 0 Å². The van der Waals surface area contributed by atoms with Gasteiger partial charge in [0, 0.05) is 25.8 Å². The number of likely N-dealkylation sites (tertiary alicyclic amines) is 1. The van der Waals surface area contributed by atoms with Crippen LogP contribution in [0.4, 0.5) is 0 Å². The van der Waals surface area contributed by atoms with Gasteiger partial charge in [-0.1, -0.05) is 75.3 Å². The number of hydrogen-bond donors (Lipinski definition) is 2. The highest BCUT2D eigenvalue weighted by molar-refractivity contribution is 5.92. The molecule has 2 amide bonds. The molecule has 35 heavy (non-hydrogen) atoms. The Kier molecular flexibility index (Phi) is 10.8. The molecule has 0 aromatic heterocycles. The van der Waals surface area contributed by atoms with Gasteiger partial charge >= 0.3 is 5.97 Å². The molecule has 2 aliphatic heterocycles. The second kappa shape index (κ2) is 14.0. The Morgan fingerprint density at radius 1 is 0.886 bits per heavy atom. The van der Waals surface area contributed by atoms with Crippen LogP contribution in [0.2, 0.25) is 0 Å². The largest absolute Gasteiger partial charge is 0.480 e. The van der Waals surface area contributed by atoms with E-state index in [0.29, 0.717) is 19.4 Å². The first-order chi connectivity index (χ1) is 17.0. The number of carbonyl (C=O) groups excluding carboxylic acids is 3. The number of nitrogens with one attached hydrogen (secondary N) is 1. The number of ketones is 1. The highest BCUT2D eigenvalue weighted by Crippen LogP contribution is 2.33. The van der Waals surface area contributed by atoms with Gasteiger partial charge < -0.3 is 15.3 Å². The standard InChI is InChI=1S/C28H40N2O5/c31-23-15-10-5-3-1-2-4-6-11-16-24(28(34)35)29-27(33)22(19-23)20-26(32)30-18-12-17-25(30)21-13-8-7-9-14-21/h7-9,13-14,22,24-25H,1-6,10-12,15-20H2,(H,29,33)(H,34,35)/t22-,24-,25+/m0/s1. The fourth-order valence-electron chi connectivity index (χ4n) is 5.33. The van der Waals surface area contributed by atoms with Crippen LogP contribution in [0.15, 0.2) is 30.3 Å². The minimum Gasteiger partial charge on any atom is -0.480 e. The second-order valence-corrected chi connectivity index (χ2v) is 10.1. The van der Waals surface area contributed by atoms with Crippen molar-refractivity contribution in [1.29, 1.82) is 0 Å². The third-order valence-electron chi connectivity index (χ3n) is 7.34. The first-order valence-electron chi connectivity index (χ1n) is 13.3. The van der Waals surface area contributed by atoms with Crippen LogP contribution in [-0.2, 0) is 19.2 Å². The van der Waals surface area contributed by atoms with E-state index in [1.165, 1.54) is 0 Å². The fourth-order valence-corrected chi connectivity index (χ4v) is 5.33. The molecular weight excluding hydrogens is 444 g/mol. The zero-order valence-electron chi connectivity index (χ0n) is 20.8. The Labute approximate surface area is 208 Å². The average molecular weight is 485 g/mol. The molecule has 0 spiro atoms. The summed E-state index contributed by atoms with van der Waals surface area (Å²) in [6.07, 6.45) is 10.3. The van der Waals surface area contributed by atoms with Crippen LogP contribution in [0, 0.1) is 5.92 Å². The third-order valence-corrected chi connectivity index (χ3v) is 7.34. The van der Waals surface area contributed by atoms with Crippen molar-refractivity contribution in [1.82, 2.24) is 10.2 Å². The predicted octanol–water partition coefficient (Wildman–Crippen LogP) is 4.80. The number of benzene rings is 1.